The second-order valence-electron chi connectivity index (χ2n) is 7.04. The SMILES string of the molecule is CCOc1ccc(NC(=O)c2c(NCc3cccnc3)sc3c2CCCC3)cc1. The van der Waals surface area contributed by atoms with E-state index in [2.05, 4.69) is 15.6 Å². The van der Waals surface area contributed by atoms with Gasteiger partial charge in [-0.25, -0.2) is 0 Å². The lowest BCUT2D eigenvalue weighted by molar-refractivity contribution is 0.102. The molecule has 1 aliphatic rings. The Morgan fingerprint density at radius 3 is 2.76 bits per heavy atom. The van der Waals surface area contributed by atoms with Gasteiger partial charge in [0.25, 0.3) is 5.91 Å². The molecule has 150 valence electrons. The minimum absolute atomic E-state index is 0.0535. The van der Waals surface area contributed by atoms with Gasteiger partial charge in [0.2, 0.25) is 0 Å². The van der Waals surface area contributed by atoms with Gasteiger partial charge in [-0.05, 0) is 74.1 Å². The van der Waals surface area contributed by atoms with Crippen molar-refractivity contribution >= 4 is 27.9 Å². The predicted molar refractivity (Wildman–Crippen MR) is 118 cm³/mol. The number of amides is 1. The van der Waals surface area contributed by atoms with Crippen molar-refractivity contribution in [3.05, 3.63) is 70.4 Å². The third-order valence-electron chi connectivity index (χ3n) is 5.00. The Hall–Kier alpha value is -2.86. The van der Waals surface area contributed by atoms with E-state index in [1.54, 1.807) is 17.5 Å². The summed E-state index contributed by atoms with van der Waals surface area (Å²) in [5.74, 6) is 0.750. The molecule has 0 radical (unpaired) electrons. The number of ether oxygens (including phenoxy) is 1. The lowest BCUT2D eigenvalue weighted by Gasteiger charge is -2.14. The average Bonchev–Trinajstić information content (AvgIpc) is 3.13. The van der Waals surface area contributed by atoms with Crippen LogP contribution >= 0.6 is 11.3 Å². The second kappa shape index (κ2) is 9.09. The second-order valence-corrected chi connectivity index (χ2v) is 8.15. The van der Waals surface area contributed by atoms with E-state index in [1.165, 1.54) is 16.9 Å². The molecule has 3 aromatic rings. The standard InChI is InChI=1S/C23H25N3O2S/c1-2-28-18-11-9-17(10-12-18)26-22(27)21-19-7-3-4-8-20(19)29-23(21)25-15-16-6-5-13-24-14-16/h5-6,9-14,25H,2-4,7-8,15H2,1H3,(H,26,27). The van der Waals surface area contributed by atoms with E-state index >= 15 is 0 Å². The Morgan fingerprint density at radius 2 is 2.00 bits per heavy atom. The van der Waals surface area contributed by atoms with Crippen molar-refractivity contribution in [3.8, 4) is 5.75 Å². The summed E-state index contributed by atoms with van der Waals surface area (Å²) in [6, 6.07) is 11.5. The van der Waals surface area contributed by atoms with Crippen molar-refractivity contribution in [3.63, 3.8) is 0 Å². The van der Waals surface area contributed by atoms with E-state index in [9.17, 15) is 4.79 Å². The number of fused-ring (bicyclic) bond motifs is 1. The summed E-state index contributed by atoms with van der Waals surface area (Å²) in [5.41, 5.74) is 3.87. The van der Waals surface area contributed by atoms with Gasteiger partial charge in [-0.3, -0.25) is 9.78 Å². The Morgan fingerprint density at radius 1 is 1.17 bits per heavy atom. The van der Waals surface area contributed by atoms with Crippen LogP contribution in [0.4, 0.5) is 10.7 Å². The number of carbonyl (C=O) groups excluding carboxylic acids is 1. The van der Waals surface area contributed by atoms with Crippen molar-refractivity contribution in [2.75, 3.05) is 17.2 Å². The maximum absolute atomic E-state index is 13.2. The highest BCUT2D eigenvalue weighted by Gasteiger charge is 2.25. The summed E-state index contributed by atoms with van der Waals surface area (Å²) in [4.78, 5) is 18.7. The summed E-state index contributed by atoms with van der Waals surface area (Å²) in [7, 11) is 0. The van der Waals surface area contributed by atoms with E-state index in [0.717, 1.165) is 46.8 Å². The van der Waals surface area contributed by atoms with Crippen molar-refractivity contribution in [2.24, 2.45) is 0 Å². The molecular formula is C23H25N3O2S. The number of carbonyl (C=O) groups is 1. The first-order valence-corrected chi connectivity index (χ1v) is 10.9. The molecule has 0 saturated heterocycles. The van der Waals surface area contributed by atoms with Crippen LogP contribution in [-0.2, 0) is 19.4 Å². The highest BCUT2D eigenvalue weighted by atomic mass is 32.1. The van der Waals surface area contributed by atoms with Gasteiger partial charge in [-0.1, -0.05) is 6.07 Å². The van der Waals surface area contributed by atoms with Crippen LogP contribution in [0.25, 0.3) is 0 Å². The fourth-order valence-electron chi connectivity index (χ4n) is 3.61. The lowest BCUT2D eigenvalue weighted by Crippen LogP contribution is -2.16. The zero-order valence-electron chi connectivity index (χ0n) is 16.5. The van der Waals surface area contributed by atoms with Crippen LogP contribution in [0.3, 0.4) is 0 Å². The predicted octanol–water partition coefficient (Wildman–Crippen LogP) is 5.29. The largest absolute Gasteiger partial charge is 0.494 e. The first-order chi connectivity index (χ1) is 14.2. The molecule has 0 bridgehead atoms. The van der Waals surface area contributed by atoms with Crippen LogP contribution in [-0.4, -0.2) is 17.5 Å². The van der Waals surface area contributed by atoms with Gasteiger partial charge in [-0.15, -0.1) is 11.3 Å². The minimum Gasteiger partial charge on any atom is -0.494 e. The zero-order valence-corrected chi connectivity index (χ0v) is 17.3. The molecule has 0 atom stereocenters. The van der Waals surface area contributed by atoms with E-state index in [1.807, 2.05) is 49.5 Å². The molecule has 0 unspecified atom stereocenters. The summed E-state index contributed by atoms with van der Waals surface area (Å²) in [6.07, 6.45) is 7.96. The Bertz CT molecular complexity index is 968. The minimum atomic E-state index is -0.0535. The van der Waals surface area contributed by atoms with Crippen LogP contribution in [0.15, 0.2) is 48.8 Å². The lowest BCUT2D eigenvalue weighted by atomic mass is 9.95. The number of aromatic nitrogens is 1. The third-order valence-corrected chi connectivity index (χ3v) is 6.25. The van der Waals surface area contributed by atoms with Crippen LogP contribution in [0.1, 0.15) is 46.1 Å². The molecule has 1 aromatic carbocycles. The Labute approximate surface area is 175 Å². The first kappa shape index (κ1) is 19.5. The fraction of sp³-hybridized carbons (Fsp3) is 0.304. The summed E-state index contributed by atoms with van der Waals surface area (Å²) < 4.78 is 5.48. The fourth-order valence-corrected chi connectivity index (χ4v) is 4.89. The topological polar surface area (TPSA) is 63.2 Å². The van der Waals surface area contributed by atoms with Crippen LogP contribution in [0.2, 0.25) is 0 Å². The molecule has 2 N–H and O–H groups in total. The summed E-state index contributed by atoms with van der Waals surface area (Å²) in [5, 5.41) is 7.49. The van der Waals surface area contributed by atoms with Crippen molar-refractivity contribution in [2.45, 2.75) is 39.2 Å². The molecule has 0 saturated carbocycles. The summed E-state index contributed by atoms with van der Waals surface area (Å²) >= 11 is 1.72. The smallest absolute Gasteiger partial charge is 0.258 e. The van der Waals surface area contributed by atoms with Gasteiger partial charge in [0, 0.05) is 29.5 Å². The molecule has 1 aliphatic carbocycles. The maximum atomic E-state index is 13.2. The van der Waals surface area contributed by atoms with Crippen molar-refractivity contribution < 1.29 is 9.53 Å². The molecule has 0 aliphatic heterocycles. The number of rotatable bonds is 7. The highest BCUT2D eigenvalue weighted by molar-refractivity contribution is 7.16. The van der Waals surface area contributed by atoms with Crippen molar-refractivity contribution in [1.29, 1.82) is 0 Å². The van der Waals surface area contributed by atoms with Gasteiger partial charge in [0.05, 0.1) is 12.2 Å². The number of pyridine rings is 1. The Kier molecular flexibility index (Phi) is 6.10. The molecule has 5 nitrogen and oxygen atoms in total. The van der Waals surface area contributed by atoms with Crippen molar-refractivity contribution in [1.82, 2.24) is 4.98 Å². The number of thiophene rings is 1. The quantitative estimate of drug-likeness (QED) is 0.559. The van der Waals surface area contributed by atoms with E-state index in [0.29, 0.717) is 13.2 Å². The molecule has 2 aromatic heterocycles. The van der Waals surface area contributed by atoms with Gasteiger partial charge in [-0.2, -0.15) is 0 Å². The number of benzene rings is 1. The molecule has 0 spiro atoms. The monoisotopic (exact) mass is 407 g/mol. The zero-order chi connectivity index (χ0) is 20.1. The van der Waals surface area contributed by atoms with E-state index in [-0.39, 0.29) is 5.91 Å². The number of nitrogens with zero attached hydrogens (tertiary/aromatic N) is 1. The molecule has 29 heavy (non-hydrogen) atoms. The first-order valence-electron chi connectivity index (χ1n) is 10.1. The maximum Gasteiger partial charge on any atom is 0.258 e. The molecular weight excluding hydrogens is 382 g/mol. The Balaban J connectivity index is 1.55. The van der Waals surface area contributed by atoms with E-state index in [4.69, 9.17) is 4.74 Å². The number of hydrogen-bond acceptors (Lipinski definition) is 5. The van der Waals surface area contributed by atoms with Gasteiger partial charge in [0.1, 0.15) is 10.8 Å². The van der Waals surface area contributed by atoms with Crippen LogP contribution < -0.4 is 15.4 Å². The molecule has 1 amide bonds. The summed E-state index contributed by atoms with van der Waals surface area (Å²) in [6.45, 7) is 3.23. The molecule has 6 heteroatoms. The molecule has 4 rings (SSSR count). The van der Waals surface area contributed by atoms with Crippen LogP contribution in [0.5, 0.6) is 5.75 Å². The van der Waals surface area contributed by atoms with E-state index < -0.39 is 0 Å². The normalized spacial score (nSPS) is 12.9. The number of aryl methyl sites for hydroxylation is 1. The van der Waals surface area contributed by atoms with Gasteiger partial charge < -0.3 is 15.4 Å². The number of hydrogen-bond donors (Lipinski definition) is 2. The number of anilines is 2. The molecule has 2 heterocycles. The number of nitrogens with one attached hydrogen (secondary N) is 2. The third kappa shape index (κ3) is 4.59. The highest BCUT2D eigenvalue weighted by Crippen LogP contribution is 2.38. The van der Waals surface area contributed by atoms with Gasteiger partial charge >= 0.3 is 0 Å². The molecule has 0 fully saturated rings. The average molecular weight is 408 g/mol. The van der Waals surface area contributed by atoms with Crippen LogP contribution in [0, 0.1) is 0 Å². The van der Waals surface area contributed by atoms with Gasteiger partial charge in [0.15, 0.2) is 0 Å².